The Labute approximate surface area is 129 Å². The Morgan fingerprint density at radius 2 is 1.83 bits per heavy atom. The van der Waals surface area contributed by atoms with Gasteiger partial charge in [0, 0.05) is 11.6 Å². The second-order valence-electron chi connectivity index (χ2n) is 4.74. The van der Waals surface area contributed by atoms with Crippen LogP contribution in [-0.2, 0) is 0 Å². The van der Waals surface area contributed by atoms with Gasteiger partial charge in [-0.1, -0.05) is 18.2 Å². The highest BCUT2D eigenvalue weighted by Crippen LogP contribution is 2.22. The molecule has 0 saturated heterocycles. The Balaban J connectivity index is 2.18. The van der Waals surface area contributed by atoms with E-state index in [0.29, 0.717) is 6.07 Å². The molecule has 0 unspecified atom stereocenters. The molecule has 0 aromatic heterocycles. The van der Waals surface area contributed by atoms with E-state index >= 15 is 0 Å². The first-order valence-electron chi connectivity index (χ1n) is 6.68. The van der Waals surface area contributed by atoms with Crippen molar-refractivity contribution in [1.29, 1.82) is 0 Å². The fourth-order valence-corrected chi connectivity index (χ4v) is 2.06. The topological polar surface area (TPSA) is 38.3 Å². The first-order chi connectivity index (χ1) is 10.9. The Kier molecular flexibility index (Phi) is 5.20. The highest BCUT2D eigenvalue weighted by molar-refractivity contribution is 5.97. The van der Waals surface area contributed by atoms with Crippen LogP contribution in [0.25, 0.3) is 0 Å². The van der Waals surface area contributed by atoms with E-state index in [9.17, 15) is 22.4 Å². The Hall–Kier alpha value is -2.57. The molecule has 0 aliphatic heterocycles. The average molecular weight is 327 g/mol. The lowest BCUT2D eigenvalue weighted by molar-refractivity contribution is -0.0501. The molecule has 2 rings (SSSR count). The number of amides is 1. The van der Waals surface area contributed by atoms with Crippen LogP contribution in [0.1, 0.15) is 28.9 Å². The molecule has 0 aliphatic carbocycles. The number of hydrogen-bond donors (Lipinski definition) is 1. The fraction of sp³-hybridized carbons (Fsp3) is 0.188. The van der Waals surface area contributed by atoms with Gasteiger partial charge in [0.2, 0.25) is 0 Å². The second kappa shape index (κ2) is 7.13. The summed E-state index contributed by atoms with van der Waals surface area (Å²) in [5, 5.41) is 2.46. The third-order valence-corrected chi connectivity index (χ3v) is 3.12. The molecule has 0 fully saturated rings. The number of hydrogen-bond acceptors (Lipinski definition) is 2. The molecule has 1 amide bonds. The number of benzene rings is 2. The molecule has 0 bridgehead atoms. The molecule has 0 saturated carbocycles. The minimum atomic E-state index is -3.07. The van der Waals surface area contributed by atoms with E-state index < -0.39 is 30.2 Å². The van der Waals surface area contributed by atoms with Crippen LogP contribution in [0.5, 0.6) is 5.75 Å². The Morgan fingerprint density at radius 3 is 2.48 bits per heavy atom. The zero-order valence-corrected chi connectivity index (χ0v) is 12.0. The molecule has 7 heteroatoms. The normalized spacial score (nSPS) is 12.1. The summed E-state index contributed by atoms with van der Waals surface area (Å²) in [6.07, 6.45) is 0. The predicted molar refractivity (Wildman–Crippen MR) is 75.3 cm³/mol. The number of nitrogens with one attached hydrogen (secondary N) is 1. The summed E-state index contributed by atoms with van der Waals surface area (Å²) in [6, 6.07) is 7.64. The maximum absolute atomic E-state index is 13.7. The monoisotopic (exact) mass is 327 g/mol. The van der Waals surface area contributed by atoms with Crippen LogP contribution < -0.4 is 10.1 Å². The zero-order valence-electron chi connectivity index (χ0n) is 12.0. The van der Waals surface area contributed by atoms with E-state index in [4.69, 9.17) is 0 Å². The fourth-order valence-electron chi connectivity index (χ4n) is 2.06. The minimum Gasteiger partial charge on any atom is -0.434 e. The van der Waals surface area contributed by atoms with Gasteiger partial charge < -0.3 is 10.1 Å². The summed E-state index contributed by atoms with van der Waals surface area (Å²) in [6.45, 7) is -1.58. The van der Waals surface area contributed by atoms with E-state index in [2.05, 4.69) is 10.1 Å². The first kappa shape index (κ1) is 16.8. The van der Waals surface area contributed by atoms with Crippen molar-refractivity contribution < 1.29 is 27.1 Å². The summed E-state index contributed by atoms with van der Waals surface area (Å²) in [5.41, 5.74) is -0.0332. The van der Waals surface area contributed by atoms with Gasteiger partial charge in [-0.05, 0) is 25.1 Å². The summed E-state index contributed by atoms with van der Waals surface area (Å²) in [7, 11) is 0. The van der Waals surface area contributed by atoms with Gasteiger partial charge in [-0.2, -0.15) is 8.78 Å². The molecular formula is C16H13F4NO2. The number of carbonyl (C=O) groups is 1. The molecule has 2 aromatic carbocycles. The predicted octanol–water partition coefficient (Wildman–Crippen LogP) is 4.06. The van der Waals surface area contributed by atoms with Crippen molar-refractivity contribution in [2.45, 2.75) is 19.6 Å². The van der Waals surface area contributed by atoms with Gasteiger partial charge in [0.15, 0.2) is 0 Å². The Morgan fingerprint density at radius 1 is 1.13 bits per heavy atom. The summed E-state index contributed by atoms with van der Waals surface area (Å²) < 4.78 is 55.5. The van der Waals surface area contributed by atoms with E-state index in [1.165, 1.54) is 37.3 Å². The minimum absolute atomic E-state index is 0.0759. The van der Waals surface area contributed by atoms with E-state index in [1.54, 1.807) is 0 Å². The number of alkyl halides is 2. The number of para-hydroxylation sites is 1. The molecule has 23 heavy (non-hydrogen) atoms. The molecule has 0 aliphatic rings. The van der Waals surface area contributed by atoms with Gasteiger partial charge in [-0.25, -0.2) is 8.78 Å². The van der Waals surface area contributed by atoms with Crippen molar-refractivity contribution in [2.24, 2.45) is 0 Å². The number of halogens is 4. The molecule has 3 nitrogen and oxygen atoms in total. The quantitative estimate of drug-likeness (QED) is 0.841. The van der Waals surface area contributed by atoms with Crippen LogP contribution in [0, 0.1) is 11.6 Å². The van der Waals surface area contributed by atoms with Crippen molar-refractivity contribution >= 4 is 5.91 Å². The largest absolute Gasteiger partial charge is 0.434 e. The molecule has 1 N–H and O–H groups in total. The average Bonchev–Trinajstić information content (AvgIpc) is 2.46. The number of carbonyl (C=O) groups excluding carboxylic acids is 1. The Bertz CT molecular complexity index is 706. The molecule has 0 heterocycles. The maximum Gasteiger partial charge on any atom is 0.387 e. The lowest BCUT2D eigenvalue weighted by Gasteiger charge is -2.16. The molecule has 2 aromatic rings. The third-order valence-electron chi connectivity index (χ3n) is 3.12. The summed E-state index contributed by atoms with van der Waals surface area (Å²) >= 11 is 0. The van der Waals surface area contributed by atoms with Gasteiger partial charge in [0.05, 0.1) is 11.6 Å². The van der Waals surface area contributed by atoms with Crippen LogP contribution in [0.2, 0.25) is 0 Å². The third kappa shape index (κ3) is 4.21. The standard InChI is InChI=1S/C16H13F4NO2/c1-9(11-7-6-10(17)8-13(11)18)21-15(22)12-4-2-3-5-14(12)23-16(19)20/h2-9,16H,1H3,(H,21,22)/t9-/m1/s1. The highest BCUT2D eigenvalue weighted by atomic mass is 19.3. The molecule has 0 spiro atoms. The summed E-state index contributed by atoms with van der Waals surface area (Å²) in [4.78, 5) is 12.2. The van der Waals surface area contributed by atoms with Crippen LogP contribution in [0.3, 0.4) is 0 Å². The molecular weight excluding hydrogens is 314 g/mol. The van der Waals surface area contributed by atoms with Gasteiger partial charge in [0.25, 0.3) is 5.91 Å². The van der Waals surface area contributed by atoms with Crippen LogP contribution >= 0.6 is 0 Å². The van der Waals surface area contributed by atoms with Crippen LogP contribution in [0.4, 0.5) is 17.6 Å². The second-order valence-corrected chi connectivity index (χ2v) is 4.74. The zero-order chi connectivity index (χ0) is 17.0. The number of ether oxygens (including phenoxy) is 1. The molecule has 1 atom stereocenters. The van der Waals surface area contributed by atoms with E-state index in [-0.39, 0.29) is 16.9 Å². The van der Waals surface area contributed by atoms with Crippen molar-refractivity contribution in [2.75, 3.05) is 0 Å². The van der Waals surface area contributed by atoms with Crippen molar-refractivity contribution in [3.8, 4) is 5.75 Å². The van der Waals surface area contributed by atoms with E-state index in [0.717, 1.165) is 6.07 Å². The van der Waals surface area contributed by atoms with E-state index in [1.807, 2.05) is 0 Å². The van der Waals surface area contributed by atoms with Gasteiger partial charge in [0.1, 0.15) is 17.4 Å². The van der Waals surface area contributed by atoms with Crippen LogP contribution in [-0.4, -0.2) is 12.5 Å². The molecule has 0 radical (unpaired) electrons. The van der Waals surface area contributed by atoms with Crippen molar-refractivity contribution in [1.82, 2.24) is 5.32 Å². The first-order valence-corrected chi connectivity index (χ1v) is 6.68. The molecule has 122 valence electrons. The van der Waals surface area contributed by atoms with Crippen LogP contribution in [0.15, 0.2) is 42.5 Å². The highest BCUT2D eigenvalue weighted by Gasteiger charge is 2.19. The lowest BCUT2D eigenvalue weighted by atomic mass is 10.1. The van der Waals surface area contributed by atoms with Crippen molar-refractivity contribution in [3.63, 3.8) is 0 Å². The van der Waals surface area contributed by atoms with Gasteiger partial charge >= 0.3 is 6.61 Å². The summed E-state index contributed by atoms with van der Waals surface area (Å²) in [5.74, 6) is -2.54. The smallest absolute Gasteiger partial charge is 0.387 e. The van der Waals surface area contributed by atoms with Gasteiger partial charge in [-0.3, -0.25) is 4.79 Å². The lowest BCUT2D eigenvalue weighted by Crippen LogP contribution is -2.28. The maximum atomic E-state index is 13.7. The SMILES string of the molecule is C[C@@H](NC(=O)c1ccccc1OC(F)F)c1ccc(F)cc1F. The van der Waals surface area contributed by atoms with Gasteiger partial charge in [-0.15, -0.1) is 0 Å². The number of rotatable bonds is 5. The van der Waals surface area contributed by atoms with Crippen molar-refractivity contribution in [3.05, 3.63) is 65.2 Å².